The zero-order valence-corrected chi connectivity index (χ0v) is 13.4. The predicted molar refractivity (Wildman–Crippen MR) is 87.3 cm³/mol. The van der Waals surface area contributed by atoms with Gasteiger partial charge < -0.3 is 10.0 Å². The second-order valence-corrected chi connectivity index (χ2v) is 7.21. The summed E-state index contributed by atoms with van der Waals surface area (Å²) in [5.74, 6) is 0.122. The van der Waals surface area contributed by atoms with Crippen molar-refractivity contribution in [2.45, 2.75) is 57.0 Å². The van der Waals surface area contributed by atoms with E-state index in [0.29, 0.717) is 12.3 Å². The number of halogens is 1. The summed E-state index contributed by atoms with van der Waals surface area (Å²) in [5, 5.41) is 11.1. The number of hydrogen-bond donors (Lipinski definition) is 1. The predicted octanol–water partition coefficient (Wildman–Crippen LogP) is 3.78. The molecule has 0 aromatic heterocycles. The summed E-state index contributed by atoms with van der Waals surface area (Å²) in [7, 11) is 0. The maximum atomic E-state index is 13.4. The number of hydrogen-bond acceptors (Lipinski definition) is 2. The van der Waals surface area contributed by atoms with Gasteiger partial charge in [0.15, 0.2) is 0 Å². The molecule has 0 spiro atoms. The Balaban J connectivity index is 1.65. The lowest BCUT2D eigenvalue weighted by molar-refractivity contribution is -0.0102. The summed E-state index contributed by atoms with van der Waals surface area (Å²) in [6.07, 6.45) is 8.88. The number of likely N-dealkylation sites (tertiary alicyclic amines) is 1. The Morgan fingerprint density at radius 2 is 1.91 bits per heavy atom. The Hall–Kier alpha value is -0.930. The van der Waals surface area contributed by atoms with Gasteiger partial charge >= 0.3 is 0 Å². The first-order valence-corrected chi connectivity index (χ1v) is 8.85. The Labute approximate surface area is 133 Å². The van der Waals surface area contributed by atoms with E-state index in [1.165, 1.54) is 44.8 Å². The van der Waals surface area contributed by atoms with Gasteiger partial charge in [-0.15, -0.1) is 0 Å². The molecule has 122 valence electrons. The fourth-order valence-electron chi connectivity index (χ4n) is 4.25. The maximum Gasteiger partial charge on any atom is 0.123 e. The van der Waals surface area contributed by atoms with Crippen LogP contribution in [0.4, 0.5) is 4.39 Å². The van der Waals surface area contributed by atoms with Gasteiger partial charge in [0.25, 0.3) is 0 Å². The van der Waals surface area contributed by atoms with Gasteiger partial charge in [-0.25, -0.2) is 4.39 Å². The minimum Gasteiger partial charge on any atom is -0.389 e. The van der Waals surface area contributed by atoms with Crippen LogP contribution in [0.2, 0.25) is 0 Å². The van der Waals surface area contributed by atoms with E-state index in [-0.39, 0.29) is 5.82 Å². The second-order valence-electron chi connectivity index (χ2n) is 7.21. The molecule has 2 fully saturated rings. The highest BCUT2D eigenvalue weighted by Crippen LogP contribution is 2.39. The van der Waals surface area contributed by atoms with Gasteiger partial charge in [0.1, 0.15) is 5.82 Å². The summed E-state index contributed by atoms with van der Waals surface area (Å²) >= 11 is 0. The molecule has 1 aromatic carbocycles. The van der Waals surface area contributed by atoms with Crippen LogP contribution in [0.15, 0.2) is 24.3 Å². The van der Waals surface area contributed by atoms with Gasteiger partial charge in [-0.3, -0.25) is 0 Å². The van der Waals surface area contributed by atoms with Gasteiger partial charge in [-0.05, 0) is 56.5 Å². The first-order chi connectivity index (χ1) is 10.7. The van der Waals surface area contributed by atoms with Gasteiger partial charge in [-0.1, -0.05) is 31.4 Å². The van der Waals surface area contributed by atoms with Crippen LogP contribution in [0.1, 0.15) is 50.5 Å². The number of aliphatic hydroxyl groups is 1. The zero-order chi connectivity index (χ0) is 15.4. The number of benzene rings is 1. The quantitative estimate of drug-likeness (QED) is 0.915. The van der Waals surface area contributed by atoms with E-state index in [1.807, 2.05) is 6.07 Å². The average molecular weight is 305 g/mol. The standard InChI is InChI=1S/C19H28FNO/c20-18-9-5-7-16(13-18)14-19(22)10-6-8-17(19)15-21-11-3-1-2-4-12-21/h5,7,9,13,17,22H,1-4,6,8,10-12,14-15H2. The molecule has 0 amide bonds. The van der Waals surface area contributed by atoms with Gasteiger partial charge in [-0.2, -0.15) is 0 Å². The summed E-state index contributed by atoms with van der Waals surface area (Å²) in [6.45, 7) is 3.35. The normalized spacial score (nSPS) is 30.4. The van der Waals surface area contributed by atoms with E-state index in [2.05, 4.69) is 4.90 Å². The molecule has 22 heavy (non-hydrogen) atoms. The first kappa shape index (κ1) is 15.9. The Morgan fingerprint density at radius 3 is 2.64 bits per heavy atom. The molecule has 1 N–H and O–H groups in total. The van der Waals surface area contributed by atoms with E-state index in [1.54, 1.807) is 12.1 Å². The lowest BCUT2D eigenvalue weighted by Crippen LogP contribution is -2.43. The molecule has 3 heteroatoms. The summed E-state index contributed by atoms with van der Waals surface area (Å²) in [6, 6.07) is 6.71. The molecule has 0 bridgehead atoms. The van der Waals surface area contributed by atoms with Crippen molar-refractivity contribution in [1.82, 2.24) is 4.90 Å². The van der Waals surface area contributed by atoms with Crippen molar-refractivity contribution in [2.75, 3.05) is 19.6 Å². The van der Waals surface area contributed by atoms with Crippen molar-refractivity contribution in [3.05, 3.63) is 35.6 Å². The van der Waals surface area contributed by atoms with Crippen LogP contribution >= 0.6 is 0 Å². The molecule has 2 unspecified atom stereocenters. The molecule has 1 aromatic rings. The van der Waals surface area contributed by atoms with E-state index < -0.39 is 5.60 Å². The molecular formula is C19H28FNO. The minimum absolute atomic E-state index is 0.205. The SMILES string of the molecule is OC1(Cc2cccc(F)c2)CCCC1CN1CCCCCC1. The third-order valence-corrected chi connectivity index (χ3v) is 5.50. The first-order valence-electron chi connectivity index (χ1n) is 8.85. The fraction of sp³-hybridized carbons (Fsp3) is 0.684. The Kier molecular flexibility index (Phi) is 5.14. The highest BCUT2D eigenvalue weighted by atomic mass is 19.1. The Bertz CT molecular complexity index is 484. The van der Waals surface area contributed by atoms with Gasteiger partial charge in [0, 0.05) is 18.9 Å². The smallest absolute Gasteiger partial charge is 0.123 e. The fourth-order valence-corrected chi connectivity index (χ4v) is 4.25. The van der Waals surface area contributed by atoms with Crippen LogP contribution in [-0.2, 0) is 6.42 Å². The molecule has 2 aliphatic rings. The van der Waals surface area contributed by atoms with Crippen LogP contribution in [0.5, 0.6) is 0 Å². The third-order valence-electron chi connectivity index (χ3n) is 5.50. The summed E-state index contributed by atoms with van der Waals surface area (Å²) in [4.78, 5) is 2.54. The molecular weight excluding hydrogens is 277 g/mol. The number of rotatable bonds is 4. The monoisotopic (exact) mass is 305 g/mol. The lowest BCUT2D eigenvalue weighted by atomic mass is 9.84. The summed E-state index contributed by atoms with van der Waals surface area (Å²) < 4.78 is 13.4. The lowest BCUT2D eigenvalue weighted by Gasteiger charge is -2.34. The molecule has 3 rings (SSSR count). The van der Waals surface area contributed by atoms with E-state index in [0.717, 1.165) is 31.4 Å². The minimum atomic E-state index is -0.653. The third kappa shape index (κ3) is 3.88. The van der Waals surface area contributed by atoms with Gasteiger partial charge in [0.2, 0.25) is 0 Å². The van der Waals surface area contributed by atoms with Crippen molar-refractivity contribution in [1.29, 1.82) is 0 Å². The van der Waals surface area contributed by atoms with Crippen LogP contribution in [0.3, 0.4) is 0 Å². The van der Waals surface area contributed by atoms with E-state index in [4.69, 9.17) is 0 Å². The van der Waals surface area contributed by atoms with Crippen LogP contribution in [-0.4, -0.2) is 35.2 Å². The molecule has 1 heterocycles. The molecule has 1 aliphatic carbocycles. The highest BCUT2D eigenvalue weighted by Gasteiger charge is 2.41. The summed E-state index contributed by atoms with van der Waals surface area (Å²) in [5.41, 5.74) is 0.269. The van der Waals surface area contributed by atoms with Crippen molar-refractivity contribution >= 4 is 0 Å². The largest absolute Gasteiger partial charge is 0.389 e. The highest BCUT2D eigenvalue weighted by molar-refractivity contribution is 5.19. The van der Waals surface area contributed by atoms with Crippen molar-refractivity contribution in [3.8, 4) is 0 Å². The van der Waals surface area contributed by atoms with Gasteiger partial charge in [0.05, 0.1) is 5.60 Å². The van der Waals surface area contributed by atoms with Crippen molar-refractivity contribution < 1.29 is 9.50 Å². The second kappa shape index (κ2) is 7.10. The van der Waals surface area contributed by atoms with Crippen LogP contribution in [0, 0.1) is 11.7 Å². The van der Waals surface area contributed by atoms with Crippen molar-refractivity contribution in [3.63, 3.8) is 0 Å². The molecule has 0 radical (unpaired) electrons. The molecule has 2 atom stereocenters. The molecule has 1 saturated heterocycles. The molecule has 1 saturated carbocycles. The van der Waals surface area contributed by atoms with Crippen LogP contribution in [0.25, 0.3) is 0 Å². The molecule has 1 aliphatic heterocycles. The van der Waals surface area contributed by atoms with E-state index in [9.17, 15) is 9.50 Å². The molecule has 2 nitrogen and oxygen atoms in total. The zero-order valence-electron chi connectivity index (χ0n) is 13.4. The number of nitrogens with zero attached hydrogens (tertiary/aromatic N) is 1. The average Bonchev–Trinajstić information content (AvgIpc) is 2.69. The van der Waals surface area contributed by atoms with Crippen LogP contribution < -0.4 is 0 Å². The van der Waals surface area contributed by atoms with E-state index >= 15 is 0 Å². The maximum absolute atomic E-state index is 13.4. The topological polar surface area (TPSA) is 23.5 Å². The Morgan fingerprint density at radius 1 is 1.14 bits per heavy atom. The van der Waals surface area contributed by atoms with Crippen molar-refractivity contribution in [2.24, 2.45) is 5.92 Å².